The summed E-state index contributed by atoms with van der Waals surface area (Å²) in [6.07, 6.45) is 2.06. The lowest BCUT2D eigenvalue weighted by molar-refractivity contribution is 0.103. The third-order valence-electron chi connectivity index (χ3n) is 3.38. The van der Waals surface area contributed by atoms with Crippen molar-refractivity contribution in [1.82, 2.24) is 5.32 Å². The van der Waals surface area contributed by atoms with E-state index in [1.54, 1.807) is 6.26 Å². The van der Waals surface area contributed by atoms with Gasteiger partial charge in [-0.2, -0.15) is 0 Å². The van der Waals surface area contributed by atoms with E-state index in [0.717, 1.165) is 17.9 Å². The van der Waals surface area contributed by atoms with Crippen molar-refractivity contribution in [3.8, 4) is 5.75 Å². The van der Waals surface area contributed by atoms with E-state index in [2.05, 4.69) is 18.3 Å². The average molecular weight is 289 g/mol. The van der Waals surface area contributed by atoms with E-state index < -0.39 is 6.10 Å². The van der Waals surface area contributed by atoms with Gasteiger partial charge >= 0.3 is 0 Å². The molecule has 21 heavy (non-hydrogen) atoms. The Morgan fingerprint density at radius 1 is 1.29 bits per heavy atom. The molecule has 0 spiro atoms. The molecule has 0 amide bonds. The van der Waals surface area contributed by atoms with Gasteiger partial charge in [-0.15, -0.1) is 0 Å². The Balaban J connectivity index is 1.73. The van der Waals surface area contributed by atoms with Gasteiger partial charge in [-0.05, 0) is 43.2 Å². The molecule has 0 radical (unpaired) electrons. The minimum absolute atomic E-state index is 0.0677. The largest absolute Gasteiger partial charge is 0.491 e. The van der Waals surface area contributed by atoms with Crippen LogP contribution in [-0.2, 0) is 6.42 Å². The molecule has 0 aliphatic rings. The molecule has 0 saturated carbocycles. The van der Waals surface area contributed by atoms with E-state index in [1.807, 2.05) is 37.3 Å². The molecule has 4 nitrogen and oxygen atoms in total. The van der Waals surface area contributed by atoms with Gasteiger partial charge in [0.1, 0.15) is 24.2 Å². The summed E-state index contributed by atoms with van der Waals surface area (Å²) in [5.41, 5.74) is 1.23. The van der Waals surface area contributed by atoms with Crippen LogP contribution in [0, 0.1) is 0 Å². The molecule has 0 saturated heterocycles. The van der Waals surface area contributed by atoms with Crippen molar-refractivity contribution in [2.45, 2.75) is 32.4 Å². The number of aliphatic hydroxyl groups excluding tert-OH is 1. The first-order valence-electron chi connectivity index (χ1n) is 7.35. The molecule has 1 aromatic heterocycles. The zero-order chi connectivity index (χ0) is 15.1. The minimum Gasteiger partial charge on any atom is -0.491 e. The zero-order valence-corrected chi connectivity index (χ0v) is 12.6. The molecular weight excluding hydrogens is 266 g/mol. The Morgan fingerprint density at radius 3 is 2.86 bits per heavy atom. The smallest absolute Gasteiger partial charge is 0.120 e. The summed E-state index contributed by atoms with van der Waals surface area (Å²) in [7, 11) is 0. The second kappa shape index (κ2) is 7.86. The maximum Gasteiger partial charge on any atom is 0.120 e. The van der Waals surface area contributed by atoms with Crippen LogP contribution in [0.1, 0.15) is 31.2 Å². The first-order chi connectivity index (χ1) is 10.2. The Labute approximate surface area is 125 Å². The van der Waals surface area contributed by atoms with Crippen LogP contribution in [0.15, 0.2) is 47.1 Å². The number of rotatable bonds is 8. The highest BCUT2D eigenvalue weighted by molar-refractivity contribution is 5.28. The van der Waals surface area contributed by atoms with Gasteiger partial charge in [0, 0.05) is 6.54 Å². The Kier molecular flexibility index (Phi) is 5.84. The lowest BCUT2D eigenvalue weighted by Crippen LogP contribution is -2.32. The maximum absolute atomic E-state index is 9.97. The van der Waals surface area contributed by atoms with Crippen LogP contribution >= 0.6 is 0 Å². The molecule has 2 rings (SSSR count). The van der Waals surface area contributed by atoms with E-state index in [9.17, 15) is 5.11 Å². The van der Waals surface area contributed by atoms with Crippen LogP contribution < -0.4 is 10.1 Å². The van der Waals surface area contributed by atoms with E-state index in [1.165, 1.54) is 5.56 Å². The number of hydrogen-bond donors (Lipinski definition) is 2. The Bertz CT molecular complexity index is 525. The molecule has 0 bridgehead atoms. The van der Waals surface area contributed by atoms with Gasteiger partial charge in [0.2, 0.25) is 0 Å². The molecule has 0 aliphatic carbocycles. The van der Waals surface area contributed by atoms with E-state index >= 15 is 0 Å². The van der Waals surface area contributed by atoms with Gasteiger partial charge in [-0.25, -0.2) is 0 Å². The number of benzene rings is 1. The van der Waals surface area contributed by atoms with Crippen LogP contribution in [0.2, 0.25) is 0 Å². The van der Waals surface area contributed by atoms with Crippen molar-refractivity contribution >= 4 is 0 Å². The summed E-state index contributed by atoms with van der Waals surface area (Å²) in [6, 6.07) is 11.8. The average Bonchev–Trinajstić information content (AvgIpc) is 3.05. The minimum atomic E-state index is -0.562. The fraction of sp³-hybridized carbons (Fsp3) is 0.412. The van der Waals surface area contributed by atoms with Crippen molar-refractivity contribution < 1.29 is 14.3 Å². The van der Waals surface area contributed by atoms with Gasteiger partial charge in [0.05, 0.1) is 12.3 Å². The lowest BCUT2D eigenvalue weighted by Gasteiger charge is -2.16. The topological polar surface area (TPSA) is 54.6 Å². The lowest BCUT2D eigenvalue weighted by atomic mass is 10.2. The molecule has 2 aromatic rings. The van der Waals surface area contributed by atoms with Crippen LogP contribution in [-0.4, -0.2) is 24.4 Å². The highest BCUT2D eigenvalue weighted by Gasteiger charge is 2.11. The number of ether oxygens (including phenoxy) is 1. The summed E-state index contributed by atoms with van der Waals surface area (Å²) >= 11 is 0. The highest BCUT2D eigenvalue weighted by Crippen LogP contribution is 2.14. The van der Waals surface area contributed by atoms with Gasteiger partial charge in [-0.1, -0.05) is 19.1 Å². The summed E-state index contributed by atoms with van der Waals surface area (Å²) in [5, 5.41) is 13.2. The van der Waals surface area contributed by atoms with Crippen LogP contribution in [0.5, 0.6) is 5.75 Å². The Morgan fingerprint density at radius 2 is 2.14 bits per heavy atom. The Hall–Kier alpha value is -1.78. The van der Waals surface area contributed by atoms with E-state index in [4.69, 9.17) is 9.15 Å². The molecule has 0 aliphatic heterocycles. The molecule has 2 atom stereocenters. The summed E-state index contributed by atoms with van der Waals surface area (Å²) in [5.74, 6) is 1.66. The fourth-order valence-electron chi connectivity index (χ4n) is 2.06. The SMILES string of the molecule is CCc1cccc(OCC(O)CN[C@@H](C)c2ccco2)c1. The number of nitrogens with one attached hydrogen (secondary N) is 1. The second-order valence-corrected chi connectivity index (χ2v) is 5.11. The van der Waals surface area contributed by atoms with Crippen LogP contribution in [0.3, 0.4) is 0 Å². The second-order valence-electron chi connectivity index (χ2n) is 5.11. The van der Waals surface area contributed by atoms with E-state index in [-0.39, 0.29) is 12.6 Å². The van der Waals surface area contributed by atoms with Gasteiger partial charge in [-0.3, -0.25) is 0 Å². The zero-order valence-electron chi connectivity index (χ0n) is 12.6. The number of aryl methyl sites for hydroxylation is 1. The molecule has 1 unspecified atom stereocenters. The predicted octanol–water partition coefficient (Wildman–Crippen LogP) is 2.93. The summed E-state index contributed by atoms with van der Waals surface area (Å²) in [4.78, 5) is 0. The van der Waals surface area contributed by atoms with Gasteiger partial charge < -0.3 is 19.6 Å². The van der Waals surface area contributed by atoms with E-state index in [0.29, 0.717) is 6.54 Å². The first-order valence-corrected chi connectivity index (χ1v) is 7.35. The third kappa shape index (κ3) is 4.92. The number of aliphatic hydroxyl groups is 1. The molecule has 114 valence electrons. The molecule has 2 N–H and O–H groups in total. The highest BCUT2D eigenvalue weighted by atomic mass is 16.5. The van der Waals surface area contributed by atoms with Crippen molar-refractivity contribution in [2.24, 2.45) is 0 Å². The predicted molar refractivity (Wildman–Crippen MR) is 82.4 cm³/mol. The van der Waals surface area contributed by atoms with Crippen molar-refractivity contribution in [1.29, 1.82) is 0 Å². The van der Waals surface area contributed by atoms with Crippen LogP contribution in [0.25, 0.3) is 0 Å². The van der Waals surface area contributed by atoms with Gasteiger partial charge in [0.15, 0.2) is 0 Å². The molecular formula is C17H23NO3. The van der Waals surface area contributed by atoms with Crippen molar-refractivity contribution in [3.63, 3.8) is 0 Å². The van der Waals surface area contributed by atoms with Gasteiger partial charge in [0.25, 0.3) is 0 Å². The molecule has 1 heterocycles. The first kappa shape index (κ1) is 15.6. The third-order valence-corrected chi connectivity index (χ3v) is 3.38. The van der Waals surface area contributed by atoms with Crippen molar-refractivity contribution in [2.75, 3.05) is 13.2 Å². The van der Waals surface area contributed by atoms with Crippen LogP contribution in [0.4, 0.5) is 0 Å². The normalized spacial score (nSPS) is 13.9. The maximum atomic E-state index is 9.97. The molecule has 1 aromatic carbocycles. The standard InChI is InChI=1S/C17H23NO3/c1-3-14-6-4-7-16(10-14)21-12-15(19)11-18-13(2)17-8-5-9-20-17/h4-10,13,15,18-19H,3,11-12H2,1-2H3/t13-,15?/m0/s1. The summed E-state index contributed by atoms with van der Waals surface area (Å²) in [6.45, 7) is 4.82. The molecule has 4 heteroatoms. The number of furan rings is 1. The summed E-state index contributed by atoms with van der Waals surface area (Å²) < 4.78 is 10.9. The van der Waals surface area contributed by atoms with Crippen molar-refractivity contribution in [3.05, 3.63) is 54.0 Å². The quantitative estimate of drug-likeness (QED) is 0.784. The fourth-order valence-corrected chi connectivity index (χ4v) is 2.06. The number of hydrogen-bond acceptors (Lipinski definition) is 4. The monoisotopic (exact) mass is 289 g/mol. The molecule has 0 fully saturated rings.